The van der Waals surface area contributed by atoms with E-state index in [2.05, 4.69) is 21.9 Å². The maximum absolute atomic E-state index is 5.97. The lowest BCUT2D eigenvalue weighted by Crippen LogP contribution is -2.24. The maximum Gasteiger partial charge on any atom is 0.128 e. The van der Waals surface area contributed by atoms with Gasteiger partial charge in [-0.05, 0) is 26.2 Å². The Hall–Kier alpha value is -1.42. The number of nitrogens with zero attached hydrogens (tertiary/aromatic N) is 2. The van der Waals surface area contributed by atoms with E-state index >= 15 is 0 Å². The molecule has 94 valence electrons. The second kappa shape index (κ2) is 7.01. The number of rotatable bonds is 7. The van der Waals surface area contributed by atoms with Crippen LogP contribution in [0, 0.1) is 0 Å². The lowest BCUT2D eigenvalue weighted by Gasteiger charge is -2.08. The van der Waals surface area contributed by atoms with E-state index in [0.717, 1.165) is 17.7 Å². The summed E-state index contributed by atoms with van der Waals surface area (Å²) >= 11 is 0. The topological polar surface area (TPSA) is 62.8 Å². The first-order valence-corrected chi connectivity index (χ1v) is 6.10. The number of aliphatic imine (C=N–C) groups is 2. The van der Waals surface area contributed by atoms with Gasteiger partial charge < -0.3 is 5.73 Å². The average Bonchev–Trinajstić information content (AvgIpc) is 3.13. The van der Waals surface area contributed by atoms with E-state index in [-0.39, 0.29) is 0 Å². The van der Waals surface area contributed by atoms with Crippen molar-refractivity contribution < 1.29 is 0 Å². The first-order valence-electron chi connectivity index (χ1n) is 6.10. The van der Waals surface area contributed by atoms with Crippen molar-refractivity contribution in [3.05, 3.63) is 24.4 Å². The Kier molecular flexibility index (Phi) is 5.63. The molecule has 0 bridgehead atoms. The number of hydrogen-bond donors (Lipinski definition) is 2. The molecule has 0 spiro atoms. The van der Waals surface area contributed by atoms with Crippen molar-refractivity contribution in [2.24, 2.45) is 15.7 Å². The zero-order valence-electron chi connectivity index (χ0n) is 10.7. The van der Waals surface area contributed by atoms with Crippen molar-refractivity contribution in [2.45, 2.75) is 39.2 Å². The molecule has 1 rings (SSSR count). The summed E-state index contributed by atoms with van der Waals surface area (Å²) in [7, 11) is 0. The molecule has 0 aromatic heterocycles. The van der Waals surface area contributed by atoms with E-state index in [1.54, 1.807) is 0 Å². The summed E-state index contributed by atoms with van der Waals surface area (Å²) in [6.45, 7) is 8.18. The molecule has 0 aromatic rings. The van der Waals surface area contributed by atoms with Crippen LogP contribution in [0.25, 0.3) is 0 Å². The Morgan fingerprint density at radius 1 is 1.53 bits per heavy atom. The van der Waals surface area contributed by atoms with Crippen molar-refractivity contribution in [1.82, 2.24) is 5.32 Å². The number of nitrogens with one attached hydrogen (secondary N) is 1. The molecule has 0 aromatic carbocycles. The smallest absolute Gasteiger partial charge is 0.128 e. The summed E-state index contributed by atoms with van der Waals surface area (Å²) in [4.78, 5) is 8.55. The Bertz CT molecular complexity index is 348. The van der Waals surface area contributed by atoms with Crippen molar-refractivity contribution in [3.63, 3.8) is 0 Å². The fraction of sp³-hybridized carbons (Fsp3) is 0.538. The minimum Gasteiger partial charge on any atom is -0.383 e. The Balaban J connectivity index is 2.63. The molecule has 3 N–H and O–H groups in total. The third-order valence-electron chi connectivity index (χ3n) is 2.66. The van der Waals surface area contributed by atoms with Gasteiger partial charge >= 0.3 is 0 Å². The monoisotopic (exact) mass is 234 g/mol. The molecule has 1 fully saturated rings. The van der Waals surface area contributed by atoms with Crippen LogP contribution >= 0.6 is 0 Å². The molecular weight excluding hydrogens is 212 g/mol. The van der Waals surface area contributed by atoms with Crippen LogP contribution in [0.2, 0.25) is 0 Å². The van der Waals surface area contributed by atoms with E-state index in [4.69, 9.17) is 5.73 Å². The molecule has 0 saturated heterocycles. The van der Waals surface area contributed by atoms with Gasteiger partial charge in [-0.15, -0.1) is 0 Å². The summed E-state index contributed by atoms with van der Waals surface area (Å²) in [5.74, 6) is 0.545. The van der Waals surface area contributed by atoms with Gasteiger partial charge in [-0.2, -0.15) is 0 Å². The zero-order chi connectivity index (χ0) is 12.7. The van der Waals surface area contributed by atoms with E-state index < -0.39 is 0 Å². The highest BCUT2D eigenvalue weighted by molar-refractivity contribution is 6.23. The highest BCUT2D eigenvalue weighted by Crippen LogP contribution is 2.18. The van der Waals surface area contributed by atoms with Crippen LogP contribution in [0.3, 0.4) is 0 Å². The fourth-order valence-corrected chi connectivity index (χ4v) is 1.56. The molecule has 0 amide bonds. The predicted molar refractivity (Wildman–Crippen MR) is 74.3 cm³/mol. The highest BCUT2D eigenvalue weighted by atomic mass is 15.1. The van der Waals surface area contributed by atoms with Gasteiger partial charge in [-0.1, -0.05) is 19.6 Å². The second-order valence-corrected chi connectivity index (χ2v) is 3.99. The molecule has 1 saturated carbocycles. The maximum atomic E-state index is 5.97. The third kappa shape index (κ3) is 4.53. The molecule has 0 radical (unpaired) electrons. The summed E-state index contributed by atoms with van der Waals surface area (Å²) in [5, 5.41) is 3.30. The van der Waals surface area contributed by atoms with Crippen molar-refractivity contribution in [1.29, 1.82) is 0 Å². The van der Waals surface area contributed by atoms with Crippen molar-refractivity contribution in [2.75, 3.05) is 6.67 Å². The van der Waals surface area contributed by atoms with Gasteiger partial charge in [-0.25, -0.2) is 0 Å². The molecular formula is C13H22N4. The van der Waals surface area contributed by atoms with Gasteiger partial charge in [0.25, 0.3) is 0 Å². The molecule has 4 heteroatoms. The molecule has 1 aliphatic rings. The Labute approximate surface area is 103 Å². The average molecular weight is 234 g/mol. The number of amidine groups is 1. The molecule has 0 heterocycles. The first-order chi connectivity index (χ1) is 8.22. The predicted octanol–water partition coefficient (Wildman–Crippen LogP) is 1.99. The van der Waals surface area contributed by atoms with Gasteiger partial charge in [-0.3, -0.25) is 15.3 Å². The molecule has 0 unspecified atom stereocenters. The minimum absolute atomic E-state index is 0.545. The summed E-state index contributed by atoms with van der Waals surface area (Å²) in [5.41, 5.74) is 7.80. The molecule has 0 atom stereocenters. The number of nitrogens with two attached hydrogens (primary N) is 1. The van der Waals surface area contributed by atoms with Gasteiger partial charge in [0.2, 0.25) is 0 Å². The first kappa shape index (κ1) is 13.6. The number of hydrogen-bond acceptors (Lipinski definition) is 3. The van der Waals surface area contributed by atoms with Gasteiger partial charge in [0.15, 0.2) is 0 Å². The van der Waals surface area contributed by atoms with Crippen LogP contribution in [-0.4, -0.2) is 24.3 Å². The molecule has 4 nitrogen and oxygen atoms in total. The molecule has 0 aliphatic heterocycles. The summed E-state index contributed by atoms with van der Waals surface area (Å²) in [6, 6.07) is 0.646. The van der Waals surface area contributed by atoms with E-state index in [0.29, 0.717) is 18.5 Å². The van der Waals surface area contributed by atoms with Crippen molar-refractivity contribution in [3.8, 4) is 0 Å². The standard InChI is InChI=1S/C13H22N4/c1-4-11(12(5-2)15-6-3)13(14)17-9-16-10-7-8-10/h4,6,10,16H,3,5,7-9H2,1-2H3,(H2,14,17)/b11-4+,15-12?. The summed E-state index contributed by atoms with van der Waals surface area (Å²) < 4.78 is 0. The Morgan fingerprint density at radius 2 is 2.24 bits per heavy atom. The SMILES string of the molecule is C=CN=C(CC)/C(=C\C)C(N)=NCNC1CC1. The van der Waals surface area contributed by atoms with Crippen LogP contribution in [0.5, 0.6) is 0 Å². The highest BCUT2D eigenvalue weighted by Gasteiger charge is 2.19. The van der Waals surface area contributed by atoms with Gasteiger partial charge in [0.1, 0.15) is 5.84 Å². The van der Waals surface area contributed by atoms with Crippen LogP contribution in [0.4, 0.5) is 0 Å². The van der Waals surface area contributed by atoms with Gasteiger partial charge in [0, 0.05) is 17.8 Å². The normalized spacial score (nSPS) is 18.4. The summed E-state index contributed by atoms with van der Waals surface area (Å²) in [6.07, 6.45) is 6.81. The van der Waals surface area contributed by atoms with Gasteiger partial charge in [0.05, 0.1) is 12.4 Å². The fourth-order valence-electron chi connectivity index (χ4n) is 1.56. The lowest BCUT2D eigenvalue weighted by atomic mass is 10.1. The van der Waals surface area contributed by atoms with E-state index in [1.165, 1.54) is 19.0 Å². The van der Waals surface area contributed by atoms with Crippen LogP contribution in [-0.2, 0) is 0 Å². The van der Waals surface area contributed by atoms with Crippen molar-refractivity contribution >= 4 is 11.5 Å². The third-order valence-corrected chi connectivity index (χ3v) is 2.66. The Morgan fingerprint density at radius 3 is 2.71 bits per heavy atom. The molecule has 17 heavy (non-hydrogen) atoms. The second-order valence-electron chi connectivity index (χ2n) is 3.99. The quantitative estimate of drug-likeness (QED) is 0.522. The largest absolute Gasteiger partial charge is 0.383 e. The molecule has 1 aliphatic carbocycles. The van der Waals surface area contributed by atoms with Crippen LogP contribution in [0.15, 0.2) is 34.4 Å². The van der Waals surface area contributed by atoms with Crippen LogP contribution < -0.4 is 11.1 Å². The lowest BCUT2D eigenvalue weighted by molar-refractivity contribution is 0.704. The van der Waals surface area contributed by atoms with Crippen LogP contribution in [0.1, 0.15) is 33.1 Å². The number of allylic oxidation sites excluding steroid dienone is 1. The van der Waals surface area contributed by atoms with E-state index in [1.807, 2.05) is 19.9 Å². The minimum atomic E-state index is 0.545. The van der Waals surface area contributed by atoms with E-state index in [9.17, 15) is 0 Å². The zero-order valence-corrected chi connectivity index (χ0v) is 10.7.